The normalized spacial score (nSPS) is 14.9. The molecule has 2 heterocycles. The Hall–Kier alpha value is -1.75. The van der Waals surface area contributed by atoms with Crippen molar-refractivity contribution in [2.24, 2.45) is 0 Å². The van der Waals surface area contributed by atoms with Crippen molar-refractivity contribution in [3.05, 3.63) is 29.0 Å². The maximum Gasteiger partial charge on any atom is 0.317 e. The number of hydrogen-bond donors (Lipinski definition) is 2. The summed E-state index contributed by atoms with van der Waals surface area (Å²) >= 11 is 5.94. The maximum absolute atomic E-state index is 11.8. The molecule has 6 heteroatoms. The average Bonchev–Trinajstić information content (AvgIpc) is 3.06. The lowest BCUT2D eigenvalue weighted by Gasteiger charge is -2.15. The number of halogens is 1. The smallest absolute Gasteiger partial charge is 0.317 e. The molecule has 1 aliphatic heterocycles. The second-order valence-corrected chi connectivity index (χ2v) is 5.46. The van der Waals surface area contributed by atoms with E-state index in [1.54, 1.807) is 0 Å². The Bertz CT molecular complexity index is 619. The van der Waals surface area contributed by atoms with Gasteiger partial charge < -0.3 is 15.2 Å². The van der Waals surface area contributed by atoms with Crippen LogP contribution in [0.2, 0.25) is 5.02 Å². The topological polar surface area (TPSA) is 61.0 Å². The first kappa shape index (κ1) is 13.2. The number of carbonyl (C=O) groups excluding carboxylic acids is 1. The van der Waals surface area contributed by atoms with Crippen molar-refractivity contribution in [3.63, 3.8) is 0 Å². The summed E-state index contributed by atoms with van der Waals surface area (Å²) in [5, 5.41) is 3.62. The Morgan fingerprint density at radius 2 is 2.20 bits per heavy atom. The third-order valence-electron chi connectivity index (χ3n) is 3.52. The van der Waals surface area contributed by atoms with Crippen LogP contribution in [0.25, 0.3) is 11.0 Å². The molecule has 1 fully saturated rings. The van der Waals surface area contributed by atoms with E-state index < -0.39 is 0 Å². The number of aromatic nitrogens is 2. The minimum absolute atomic E-state index is 0.0293. The van der Waals surface area contributed by atoms with E-state index in [0.29, 0.717) is 18.0 Å². The lowest BCUT2D eigenvalue weighted by molar-refractivity contribution is 0.209. The van der Waals surface area contributed by atoms with Crippen LogP contribution in [0.1, 0.15) is 18.7 Å². The highest BCUT2D eigenvalue weighted by atomic mass is 35.5. The van der Waals surface area contributed by atoms with Gasteiger partial charge in [-0.1, -0.05) is 11.6 Å². The van der Waals surface area contributed by atoms with Crippen molar-refractivity contribution in [3.8, 4) is 0 Å². The first-order chi connectivity index (χ1) is 9.72. The summed E-state index contributed by atoms with van der Waals surface area (Å²) in [6.07, 6.45) is 2.90. The van der Waals surface area contributed by atoms with E-state index in [1.165, 1.54) is 0 Å². The zero-order valence-corrected chi connectivity index (χ0v) is 11.9. The molecule has 5 nitrogen and oxygen atoms in total. The molecule has 1 aromatic carbocycles. The number of benzene rings is 1. The fourth-order valence-corrected chi connectivity index (χ4v) is 2.65. The second kappa shape index (κ2) is 5.71. The van der Waals surface area contributed by atoms with Gasteiger partial charge in [0, 0.05) is 31.1 Å². The molecule has 0 spiro atoms. The molecule has 0 aliphatic carbocycles. The summed E-state index contributed by atoms with van der Waals surface area (Å²) in [7, 11) is 0. The summed E-state index contributed by atoms with van der Waals surface area (Å²) in [6, 6.07) is 5.60. The number of hydrogen-bond acceptors (Lipinski definition) is 2. The van der Waals surface area contributed by atoms with Crippen molar-refractivity contribution in [1.82, 2.24) is 20.2 Å². The second-order valence-electron chi connectivity index (χ2n) is 5.02. The Balaban J connectivity index is 1.55. The van der Waals surface area contributed by atoms with E-state index in [0.717, 1.165) is 42.8 Å². The van der Waals surface area contributed by atoms with Gasteiger partial charge >= 0.3 is 6.03 Å². The van der Waals surface area contributed by atoms with Gasteiger partial charge in [0.25, 0.3) is 0 Å². The molecule has 1 saturated heterocycles. The van der Waals surface area contributed by atoms with Gasteiger partial charge in [-0.15, -0.1) is 0 Å². The molecule has 0 unspecified atom stereocenters. The predicted octanol–water partition coefficient (Wildman–Crippen LogP) is 2.56. The number of urea groups is 1. The van der Waals surface area contributed by atoms with E-state index >= 15 is 0 Å². The molecular weight excluding hydrogens is 276 g/mol. The summed E-state index contributed by atoms with van der Waals surface area (Å²) in [6.45, 7) is 2.33. The maximum atomic E-state index is 11.8. The molecule has 3 rings (SSSR count). The first-order valence-electron chi connectivity index (χ1n) is 6.89. The average molecular weight is 293 g/mol. The molecule has 1 aromatic heterocycles. The largest absolute Gasteiger partial charge is 0.342 e. The molecule has 0 atom stereocenters. The quantitative estimate of drug-likeness (QED) is 0.913. The van der Waals surface area contributed by atoms with Crippen molar-refractivity contribution in [1.29, 1.82) is 0 Å². The van der Waals surface area contributed by atoms with E-state index in [4.69, 9.17) is 11.6 Å². The van der Waals surface area contributed by atoms with Crippen LogP contribution in [0.4, 0.5) is 4.79 Å². The van der Waals surface area contributed by atoms with E-state index in [2.05, 4.69) is 15.3 Å². The van der Waals surface area contributed by atoms with Crippen LogP contribution >= 0.6 is 11.6 Å². The van der Waals surface area contributed by atoms with Crippen molar-refractivity contribution >= 4 is 28.7 Å². The third-order valence-corrected chi connectivity index (χ3v) is 3.76. The third kappa shape index (κ3) is 2.88. The summed E-state index contributed by atoms with van der Waals surface area (Å²) in [5.74, 6) is 0.865. The highest BCUT2D eigenvalue weighted by Crippen LogP contribution is 2.17. The number of H-pyrrole nitrogens is 1. The van der Waals surface area contributed by atoms with Gasteiger partial charge in [0.05, 0.1) is 11.0 Å². The number of nitrogens with zero attached hydrogens (tertiary/aromatic N) is 2. The SMILES string of the molecule is O=C(NCCc1nc2ccc(Cl)cc2[nH]1)N1CCCC1. The molecule has 2 N–H and O–H groups in total. The Morgan fingerprint density at radius 1 is 1.40 bits per heavy atom. The summed E-state index contributed by atoms with van der Waals surface area (Å²) in [5.41, 5.74) is 1.83. The monoisotopic (exact) mass is 292 g/mol. The van der Waals surface area contributed by atoms with Gasteiger partial charge in [-0.05, 0) is 31.0 Å². The number of fused-ring (bicyclic) bond motifs is 1. The first-order valence-corrected chi connectivity index (χ1v) is 7.27. The van der Waals surface area contributed by atoms with Crippen molar-refractivity contribution in [2.45, 2.75) is 19.3 Å². The number of nitrogens with one attached hydrogen (secondary N) is 2. The Kier molecular flexibility index (Phi) is 3.78. The number of carbonyl (C=O) groups is 1. The number of rotatable bonds is 3. The van der Waals surface area contributed by atoms with E-state index in [1.807, 2.05) is 23.1 Å². The van der Waals surface area contributed by atoms with E-state index in [9.17, 15) is 4.79 Å². The van der Waals surface area contributed by atoms with Gasteiger partial charge in [0.15, 0.2) is 0 Å². The molecule has 20 heavy (non-hydrogen) atoms. The van der Waals surface area contributed by atoms with E-state index in [-0.39, 0.29) is 6.03 Å². The predicted molar refractivity (Wildman–Crippen MR) is 79.0 cm³/mol. The van der Waals surface area contributed by atoms with Crippen molar-refractivity contribution < 1.29 is 4.79 Å². The highest BCUT2D eigenvalue weighted by molar-refractivity contribution is 6.31. The molecule has 0 bridgehead atoms. The minimum Gasteiger partial charge on any atom is -0.342 e. The van der Waals surface area contributed by atoms with Crippen LogP contribution < -0.4 is 5.32 Å². The summed E-state index contributed by atoms with van der Waals surface area (Å²) < 4.78 is 0. The molecule has 106 valence electrons. The fraction of sp³-hybridized carbons (Fsp3) is 0.429. The van der Waals surface area contributed by atoms with Gasteiger partial charge in [-0.3, -0.25) is 0 Å². The number of likely N-dealkylation sites (tertiary alicyclic amines) is 1. The minimum atomic E-state index is 0.0293. The fourth-order valence-electron chi connectivity index (χ4n) is 2.47. The standard InChI is InChI=1S/C14H17ClN4O/c15-10-3-4-11-12(9-10)18-13(17-11)5-6-16-14(20)19-7-1-2-8-19/h3-4,9H,1-2,5-8H2,(H,16,20)(H,17,18). The van der Waals surface area contributed by atoms with Crippen molar-refractivity contribution in [2.75, 3.05) is 19.6 Å². The van der Waals surface area contributed by atoms with Crippen LogP contribution in [-0.2, 0) is 6.42 Å². The van der Waals surface area contributed by atoms with Gasteiger partial charge in [0.2, 0.25) is 0 Å². The van der Waals surface area contributed by atoms with Gasteiger partial charge in [-0.25, -0.2) is 9.78 Å². The molecule has 0 radical (unpaired) electrons. The van der Waals surface area contributed by atoms with Crippen LogP contribution in [0.5, 0.6) is 0 Å². The molecule has 2 aromatic rings. The Morgan fingerprint density at radius 3 is 3.00 bits per heavy atom. The zero-order valence-electron chi connectivity index (χ0n) is 11.2. The molecule has 0 saturated carbocycles. The molecular formula is C14H17ClN4O. The number of aromatic amines is 1. The Labute approximate surface area is 122 Å². The zero-order chi connectivity index (χ0) is 13.9. The van der Waals surface area contributed by atoms with Crippen LogP contribution in [0, 0.1) is 0 Å². The van der Waals surface area contributed by atoms with Crippen LogP contribution in [-0.4, -0.2) is 40.5 Å². The number of amides is 2. The van der Waals surface area contributed by atoms with Gasteiger partial charge in [-0.2, -0.15) is 0 Å². The number of imidazole rings is 1. The molecule has 2 amide bonds. The lowest BCUT2D eigenvalue weighted by atomic mass is 10.3. The summed E-state index contributed by atoms with van der Waals surface area (Å²) in [4.78, 5) is 21.4. The molecule has 1 aliphatic rings. The lowest BCUT2D eigenvalue weighted by Crippen LogP contribution is -2.38. The highest BCUT2D eigenvalue weighted by Gasteiger charge is 2.17. The van der Waals surface area contributed by atoms with Gasteiger partial charge in [0.1, 0.15) is 5.82 Å². The van der Waals surface area contributed by atoms with Crippen LogP contribution in [0.3, 0.4) is 0 Å². The van der Waals surface area contributed by atoms with Crippen LogP contribution in [0.15, 0.2) is 18.2 Å².